The van der Waals surface area contributed by atoms with Crippen LogP contribution in [0.4, 0.5) is 0 Å². The fraction of sp³-hybridized carbons (Fsp3) is 0.250. The van der Waals surface area contributed by atoms with Crippen LogP contribution in [-0.2, 0) is 25.1 Å². The molecule has 4 nitrogen and oxygen atoms in total. The molecule has 0 atom stereocenters. The second-order valence-corrected chi connectivity index (χ2v) is 8.26. The lowest BCUT2D eigenvalue weighted by atomic mass is 10.2. The Hall–Kier alpha value is -2.36. The molecule has 0 unspecified atom stereocenters. The van der Waals surface area contributed by atoms with Crippen molar-refractivity contribution in [1.82, 2.24) is 9.55 Å². The van der Waals surface area contributed by atoms with E-state index in [0.717, 1.165) is 35.0 Å². The molecule has 0 bridgehead atoms. The number of thiophene rings is 1. The van der Waals surface area contributed by atoms with E-state index in [-0.39, 0.29) is 5.56 Å². The van der Waals surface area contributed by atoms with Crippen molar-refractivity contribution in [2.75, 3.05) is 0 Å². The van der Waals surface area contributed by atoms with Crippen molar-refractivity contribution in [2.24, 2.45) is 0 Å². The molecule has 0 amide bonds. The minimum atomic E-state index is 0.0441. The van der Waals surface area contributed by atoms with Crippen molar-refractivity contribution in [1.29, 1.82) is 5.26 Å². The van der Waals surface area contributed by atoms with Gasteiger partial charge in [-0.05, 0) is 42.5 Å². The Labute approximate surface area is 159 Å². The number of aryl methyl sites for hydroxylation is 2. The van der Waals surface area contributed by atoms with Crippen LogP contribution in [0.5, 0.6) is 0 Å². The number of fused-ring (bicyclic) bond motifs is 3. The summed E-state index contributed by atoms with van der Waals surface area (Å²) in [5.41, 5.74) is 2.94. The number of benzene rings is 1. The van der Waals surface area contributed by atoms with Gasteiger partial charge in [-0.25, -0.2) is 4.98 Å². The zero-order valence-corrected chi connectivity index (χ0v) is 15.8. The minimum Gasteiger partial charge on any atom is -0.283 e. The van der Waals surface area contributed by atoms with Gasteiger partial charge in [0.15, 0.2) is 5.16 Å². The number of allylic oxidation sites excluding steroid dienone is 1. The minimum absolute atomic E-state index is 0.0441. The van der Waals surface area contributed by atoms with Gasteiger partial charge in [0.05, 0.1) is 17.0 Å². The van der Waals surface area contributed by atoms with Crippen LogP contribution in [0.15, 0.2) is 46.9 Å². The van der Waals surface area contributed by atoms with Crippen LogP contribution in [0, 0.1) is 11.3 Å². The summed E-state index contributed by atoms with van der Waals surface area (Å²) in [6.45, 7) is 4.24. The van der Waals surface area contributed by atoms with Crippen LogP contribution in [0.2, 0.25) is 0 Å². The molecule has 0 aliphatic heterocycles. The van der Waals surface area contributed by atoms with Gasteiger partial charge in [-0.3, -0.25) is 9.36 Å². The average molecular weight is 380 g/mol. The van der Waals surface area contributed by atoms with Gasteiger partial charge in [-0.2, -0.15) is 5.26 Å². The molecule has 0 radical (unpaired) electrons. The van der Waals surface area contributed by atoms with Gasteiger partial charge >= 0.3 is 0 Å². The second-order valence-electron chi connectivity index (χ2n) is 6.24. The van der Waals surface area contributed by atoms with E-state index >= 15 is 0 Å². The van der Waals surface area contributed by atoms with Crippen LogP contribution < -0.4 is 5.56 Å². The standard InChI is InChI=1S/C20H17N3OS2/c1-2-9-23-19(24)17-15-7-4-8-16(15)26-18(17)22-20(23)25-12-14-6-3-5-13(10-14)11-21/h2-3,5-6,10H,1,4,7-9,12H2. The molecule has 26 heavy (non-hydrogen) atoms. The van der Waals surface area contributed by atoms with E-state index in [2.05, 4.69) is 12.6 Å². The molecule has 2 aromatic heterocycles. The van der Waals surface area contributed by atoms with Gasteiger partial charge in [0.1, 0.15) is 4.83 Å². The fourth-order valence-electron chi connectivity index (χ4n) is 3.34. The van der Waals surface area contributed by atoms with Crippen molar-refractivity contribution in [3.05, 3.63) is 68.8 Å². The summed E-state index contributed by atoms with van der Waals surface area (Å²) in [5.74, 6) is 0.662. The maximum atomic E-state index is 13.1. The number of rotatable bonds is 5. The Balaban J connectivity index is 1.74. The van der Waals surface area contributed by atoms with Crippen LogP contribution >= 0.6 is 23.1 Å². The molecular formula is C20H17N3OS2. The molecule has 0 spiro atoms. The summed E-state index contributed by atoms with van der Waals surface area (Å²) in [4.78, 5) is 20.1. The Morgan fingerprint density at radius 3 is 3.12 bits per heavy atom. The molecular weight excluding hydrogens is 362 g/mol. The van der Waals surface area contributed by atoms with Crippen molar-refractivity contribution < 1.29 is 0 Å². The summed E-state index contributed by atoms with van der Waals surface area (Å²) >= 11 is 3.19. The first-order valence-corrected chi connectivity index (χ1v) is 10.3. The lowest BCUT2D eigenvalue weighted by Gasteiger charge is -2.10. The molecule has 0 saturated carbocycles. The first-order chi connectivity index (χ1) is 12.7. The number of aromatic nitrogens is 2. The van der Waals surface area contributed by atoms with Gasteiger partial charge < -0.3 is 0 Å². The molecule has 1 aliphatic carbocycles. The molecule has 130 valence electrons. The average Bonchev–Trinajstić information content (AvgIpc) is 3.23. The van der Waals surface area contributed by atoms with Crippen LogP contribution in [-0.4, -0.2) is 9.55 Å². The quantitative estimate of drug-likeness (QED) is 0.377. The third-order valence-corrected chi connectivity index (χ3v) is 6.76. The molecule has 0 fully saturated rings. The zero-order chi connectivity index (χ0) is 18.1. The van der Waals surface area contributed by atoms with Gasteiger partial charge in [0, 0.05) is 17.2 Å². The van der Waals surface area contributed by atoms with Gasteiger partial charge in [0.2, 0.25) is 0 Å². The Morgan fingerprint density at radius 1 is 1.42 bits per heavy atom. The number of hydrogen-bond acceptors (Lipinski definition) is 5. The van der Waals surface area contributed by atoms with E-state index in [0.29, 0.717) is 23.0 Å². The highest BCUT2D eigenvalue weighted by atomic mass is 32.2. The normalized spacial score (nSPS) is 12.9. The maximum Gasteiger partial charge on any atom is 0.263 e. The smallest absolute Gasteiger partial charge is 0.263 e. The lowest BCUT2D eigenvalue weighted by Crippen LogP contribution is -2.22. The van der Waals surface area contributed by atoms with E-state index in [9.17, 15) is 4.79 Å². The zero-order valence-electron chi connectivity index (χ0n) is 14.2. The van der Waals surface area contributed by atoms with Crippen molar-refractivity contribution in [3.63, 3.8) is 0 Å². The fourth-order valence-corrected chi connectivity index (χ4v) is 5.59. The topological polar surface area (TPSA) is 58.7 Å². The molecule has 1 aliphatic rings. The van der Waals surface area contributed by atoms with E-state index in [1.807, 2.05) is 18.2 Å². The molecule has 3 aromatic rings. The summed E-state index contributed by atoms with van der Waals surface area (Å²) in [6, 6.07) is 9.70. The van der Waals surface area contributed by atoms with E-state index in [1.165, 1.54) is 22.2 Å². The van der Waals surface area contributed by atoms with Crippen LogP contribution in [0.1, 0.15) is 28.0 Å². The highest BCUT2D eigenvalue weighted by Gasteiger charge is 2.23. The number of nitrogens with zero attached hydrogens (tertiary/aromatic N) is 3. The predicted molar refractivity (Wildman–Crippen MR) is 107 cm³/mol. The lowest BCUT2D eigenvalue weighted by molar-refractivity contribution is 0.672. The molecule has 1 aromatic carbocycles. The van der Waals surface area contributed by atoms with Crippen LogP contribution in [0.25, 0.3) is 10.2 Å². The van der Waals surface area contributed by atoms with Gasteiger partial charge in [-0.15, -0.1) is 17.9 Å². The second kappa shape index (κ2) is 7.10. The van der Waals surface area contributed by atoms with E-state index in [1.54, 1.807) is 28.0 Å². The molecule has 6 heteroatoms. The Kier molecular flexibility index (Phi) is 4.66. The summed E-state index contributed by atoms with van der Waals surface area (Å²) in [5, 5.41) is 10.6. The van der Waals surface area contributed by atoms with Crippen molar-refractivity contribution in [3.8, 4) is 6.07 Å². The third-order valence-electron chi connectivity index (χ3n) is 4.53. The Morgan fingerprint density at radius 2 is 2.31 bits per heavy atom. The SMILES string of the molecule is C=CCn1c(SCc2cccc(C#N)c2)nc2sc3c(c2c1=O)CCC3. The third kappa shape index (κ3) is 2.98. The number of hydrogen-bond donors (Lipinski definition) is 0. The predicted octanol–water partition coefficient (Wildman–Crippen LogP) is 4.30. The first-order valence-electron chi connectivity index (χ1n) is 8.49. The number of thioether (sulfide) groups is 1. The van der Waals surface area contributed by atoms with Gasteiger partial charge in [0.25, 0.3) is 5.56 Å². The molecule has 4 rings (SSSR count). The Bertz CT molecular complexity index is 1100. The van der Waals surface area contributed by atoms with Gasteiger partial charge in [-0.1, -0.05) is 30.0 Å². The molecule has 0 N–H and O–H groups in total. The van der Waals surface area contributed by atoms with Crippen LogP contribution in [0.3, 0.4) is 0 Å². The van der Waals surface area contributed by atoms with Crippen molar-refractivity contribution in [2.45, 2.75) is 36.7 Å². The summed E-state index contributed by atoms with van der Waals surface area (Å²) in [6.07, 6.45) is 4.90. The molecule has 2 heterocycles. The largest absolute Gasteiger partial charge is 0.283 e. The monoisotopic (exact) mass is 379 g/mol. The molecule has 0 saturated heterocycles. The summed E-state index contributed by atoms with van der Waals surface area (Å²) < 4.78 is 1.72. The van der Waals surface area contributed by atoms with E-state index < -0.39 is 0 Å². The summed E-state index contributed by atoms with van der Waals surface area (Å²) in [7, 11) is 0. The highest BCUT2D eigenvalue weighted by molar-refractivity contribution is 7.98. The number of nitriles is 1. The van der Waals surface area contributed by atoms with E-state index in [4.69, 9.17) is 10.2 Å². The first kappa shape index (κ1) is 17.1. The maximum absolute atomic E-state index is 13.1. The highest BCUT2D eigenvalue weighted by Crippen LogP contribution is 2.35. The van der Waals surface area contributed by atoms with Crippen molar-refractivity contribution >= 4 is 33.3 Å².